The van der Waals surface area contributed by atoms with E-state index in [0.29, 0.717) is 17.8 Å². The van der Waals surface area contributed by atoms with Crippen molar-refractivity contribution in [3.8, 4) is 0 Å². The van der Waals surface area contributed by atoms with E-state index >= 15 is 0 Å². The van der Waals surface area contributed by atoms with Gasteiger partial charge in [0.2, 0.25) is 0 Å². The summed E-state index contributed by atoms with van der Waals surface area (Å²) in [7, 11) is -2.21. The van der Waals surface area contributed by atoms with Gasteiger partial charge < -0.3 is 4.57 Å². The van der Waals surface area contributed by atoms with Gasteiger partial charge in [0, 0.05) is 18.4 Å². The van der Waals surface area contributed by atoms with E-state index in [9.17, 15) is 4.57 Å². The fourth-order valence-electron chi connectivity index (χ4n) is 1.14. The fourth-order valence-corrected chi connectivity index (χ4v) is 3.01. The van der Waals surface area contributed by atoms with Gasteiger partial charge in [0.25, 0.3) is 0 Å². The predicted octanol–water partition coefficient (Wildman–Crippen LogP) is 3.38. The second-order valence-electron chi connectivity index (χ2n) is 3.31. The minimum atomic E-state index is -2.21. The van der Waals surface area contributed by atoms with Crippen LogP contribution >= 0.6 is 7.14 Å². The third-order valence-electron chi connectivity index (χ3n) is 2.01. The van der Waals surface area contributed by atoms with Crippen LogP contribution in [0.15, 0.2) is 17.6 Å². The van der Waals surface area contributed by atoms with Crippen molar-refractivity contribution in [1.82, 2.24) is 0 Å². The Hall–Kier alpha value is -0.360. The van der Waals surface area contributed by atoms with Gasteiger partial charge in [-0.05, 0) is 19.9 Å². The monoisotopic (exact) mass is 201 g/mol. The van der Waals surface area contributed by atoms with Gasteiger partial charge in [-0.1, -0.05) is 20.4 Å². The molecule has 0 radical (unpaired) electrons. The van der Waals surface area contributed by atoms with Crippen molar-refractivity contribution in [2.75, 3.05) is 12.3 Å². The zero-order valence-electron chi connectivity index (χ0n) is 9.08. The molecule has 0 rings (SSSR count). The second kappa shape index (κ2) is 5.39. The van der Waals surface area contributed by atoms with Gasteiger partial charge in [-0.25, -0.2) is 0 Å². The topological polar surface area (TPSA) is 29.4 Å². The largest absolute Gasteiger partial charge is 0.317 e. The molecule has 0 atom stereocenters. The van der Waals surface area contributed by atoms with Crippen LogP contribution in [0.25, 0.3) is 0 Å². The van der Waals surface area contributed by atoms with Crippen molar-refractivity contribution < 1.29 is 4.57 Å². The van der Waals surface area contributed by atoms with E-state index in [4.69, 9.17) is 0 Å². The summed E-state index contributed by atoms with van der Waals surface area (Å²) in [6.45, 7) is 11.5. The highest BCUT2D eigenvalue weighted by Crippen LogP contribution is 2.46. The third kappa shape index (κ3) is 3.48. The number of allylic oxidation sites excluding steroid dienone is 1. The van der Waals surface area contributed by atoms with Gasteiger partial charge in [0.15, 0.2) is 0 Å². The standard InChI is InChI=1S/C10H20NOP/c1-6-10(11-9(4)5)13(12,7-2)8-3/h6,9H,1,7-8H2,2-5H3/b11-10+. The maximum Gasteiger partial charge on any atom is 0.132 e. The van der Waals surface area contributed by atoms with E-state index in [2.05, 4.69) is 11.6 Å². The van der Waals surface area contributed by atoms with Crippen LogP contribution in [0.3, 0.4) is 0 Å². The average molecular weight is 201 g/mol. The first-order chi connectivity index (χ1) is 6.00. The highest BCUT2D eigenvalue weighted by atomic mass is 31.2. The summed E-state index contributed by atoms with van der Waals surface area (Å²) in [5.41, 5.74) is 0.715. The van der Waals surface area contributed by atoms with Crippen molar-refractivity contribution in [1.29, 1.82) is 0 Å². The van der Waals surface area contributed by atoms with Gasteiger partial charge in [-0.2, -0.15) is 0 Å². The van der Waals surface area contributed by atoms with Crippen LogP contribution < -0.4 is 0 Å². The Balaban J connectivity index is 4.95. The first-order valence-corrected chi connectivity index (χ1v) is 6.86. The Morgan fingerprint density at radius 3 is 2.15 bits per heavy atom. The first kappa shape index (κ1) is 12.6. The quantitative estimate of drug-likeness (QED) is 0.495. The molecule has 0 aliphatic heterocycles. The summed E-state index contributed by atoms with van der Waals surface area (Å²) < 4.78 is 12.2. The first-order valence-electron chi connectivity index (χ1n) is 4.79. The van der Waals surface area contributed by atoms with Gasteiger partial charge >= 0.3 is 0 Å². The van der Waals surface area contributed by atoms with Crippen LogP contribution in [0.4, 0.5) is 0 Å². The molecule has 0 amide bonds. The molecule has 0 aromatic heterocycles. The van der Waals surface area contributed by atoms with E-state index < -0.39 is 7.14 Å². The van der Waals surface area contributed by atoms with Gasteiger partial charge in [-0.15, -0.1) is 0 Å². The second-order valence-corrected chi connectivity index (χ2v) is 6.81. The highest BCUT2D eigenvalue weighted by molar-refractivity contribution is 7.81. The van der Waals surface area contributed by atoms with E-state index in [1.54, 1.807) is 6.08 Å². The zero-order valence-corrected chi connectivity index (χ0v) is 9.97. The number of hydrogen-bond acceptors (Lipinski definition) is 2. The van der Waals surface area contributed by atoms with Crippen LogP contribution in [0.1, 0.15) is 27.7 Å². The molecule has 0 unspecified atom stereocenters. The number of aliphatic imine (C=N–C) groups is 1. The summed E-state index contributed by atoms with van der Waals surface area (Å²) in [5, 5.41) is 0. The van der Waals surface area contributed by atoms with Crippen molar-refractivity contribution in [2.45, 2.75) is 33.7 Å². The van der Waals surface area contributed by atoms with Gasteiger partial charge in [0.05, 0.1) is 5.45 Å². The lowest BCUT2D eigenvalue weighted by Gasteiger charge is -2.15. The Bertz CT molecular complexity index is 235. The molecule has 0 saturated heterocycles. The minimum Gasteiger partial charge on any atom is -0.317 e. The van der Waals surface area contributed by atoms with Crippen LogP contribution in [0, 0.1) is 0 Å². The van der Waals surface area contributed by atoms with Crippen molar-refractivity contribution in [3.05, 3.63) is 12.7 Å². The molecule has 0 heterocycles. The molecule has 2 nitrogen and oxygen atoms in total. The lowest BCUT2D eigenvalue weighted by atomic mass is 10.4. The van der Waals surface area contributed by atoms with Crippen LogP contribution in [0.5, 0.6) is 0 Å². The molecule has 0 aliphatic carbocycles. The molecule has 0 N–H and O–H groups in total. The van der Waals surface area contributed by atoms with Crippen molar-refractivity contribution in [3.63, 3.8) is 0 Å². The molecule has 0 spiro atoms. The third-order valence-corrected chi connectivity index (χ3v) is 5.19. The Morgan fingerprint density at radius 1 is 1.46 bits per heavy atom. The van der Waals surface area contributed by atoms with E-state index in [1.807, 2.05) is 27.7 Å². The average Bonchev–Trinajstić information content (AvgIpc) is 2.12. The fraction of sp³-hybridized carbons (Fsp3) is 0.700. The molecule has 0 aliphatic rings. The molecule has 0 aromatic rings. The SMILES string of the molecule is C=C/C(=N\C(C)C)P(=O)(CC)CC. The minimum absolute atomic E-state index is 0.194. The predicted molar refractivity (Wildman–Crippen MR) is 61.5 cm³/mol. The number of hydrogen-bond donors (Lipinski definition) is 0. The zero-order chi connectivity index (χ0) is 10.5. The van der Waals surface area contributed by atoms with Crippen LogP contribution in [0.2, 0.25) is 0 Å². The van der Waals surface area contributed by atoms with E-state index in [1.165, 1.54) is 0 Å². The maximum atomic E-state index is 12.2. The molecule has 0 bridgehead atoms. The van der Waals surface area contributed by atoms with Crippen LogP contribution in [-0.2, 0) is 4.57 Å². The Morgan fingerprint density at radius 2 is 1.92 bits per heavy atom. The summed E-state index contributed by atoms with van der Waals surface area (Å²) in [6.07, 6.45) is 3.01. The Labute approximate surface area is 81.5 Å². The van der Waals surface area contributed by atoms with Crippen molar-refractivity contribution in [2.24, 2.45) is 4.99 Å². The molecule has 13 heavy (non-hydrogen) atoms. The molecular weight excluding hydrogens is 181 g/mol. The van der Waals surface area contributed by atoms with Gasteiger partial charge in [0.1, 0.15) is 7.14 Å². The molecule has 0 fully saturated rings. The number of nitrogens with zero attached hydrogens (tertiary/aromatic N) is 1. The van der Waals surface area contributed by atoms with E-state index in [-0.39, 0.29) is 6.04 Å². The lowest BCUT2D eigenvalue weighted by Crippen LogP contribution is -2.05. The number of rotatable bonds is 5. The highest BCUT2D eigenvalue weighted by Gasteiger charge is 2.22. The summed E-state index contributed by atoms with van der Waals surface area (Å²) in [4.78, 5) is 4.34. The lowest BCUT2D eigenvalue weighted by molar-refractivity contribution is 0.583. The van der Waals surface area contributed by atoms with Crippen molar-refractivity contribution >= 4 is 12.6 Å². The summed E-state index contributed by atoms with van der Waals surface area (Å²) in [5.74, 6) is 0. The molecule has 0 aromatic carbocycles. The van der Waals surface area contributed by atoms with Gasteiger partial charge in [-0.3, -0.25) is 4.99 Å². The summed E-state index contributed by atoms with van der Waals surface area (Å²) in [6, 6.07) is 0.194. The van der Waals surface area contributed by atoms with E-state index in [0.717, 1.165) is 0 Å². The Kier molecular flexibility index (Phi) is 5.24. The molecule has 0 saturated carbocycles. The molecule has 76 valence electrons. The smallest absolute Gasteiger partial charge is 0.132 e. The van der Waals surface area contributed by atoms with Crippen LogP contribution in [-0.4, -0.2) is 23.8 Å². The molecular formula is C10H20NOP. The normalized spacial score (nSPS) is 13.5. The summed E-state index contributed by atoms with van der Waals surface area (Å²) >= 11 is 0. The maximum absolute atomic E-state index is 12.2. The molecule has 3 heteroatoms.